The second-order valence-corrected chi connectivity index (χ2v) is 16.1. The van der Waals surface area contributed by atoms with Gasteiger partial charge in [-0.1, -0.05) is 137 Å². The van der Waals surface area contributed by atoms with Crippen molar-refractivity contribution in [2.45, 2.75) is 104 Å². The second-order valence-electron chi connectivity index (χ2n) is 16.1. The van der Waals surface area contributed by atoms with Crippen LogP contribution < -0.4 is 5.32 Å². The lowest BCUT2D eigenvalue weighted by Gasteiger charge is -2.41. The molecule has 1 aliphatic carbocycles. The Bertz CT molecular complexity index is 1630. The van der Waals surface area contributed by atoms with Crippen molar-refractivity contribution in [3.05, 3.63) is 107 Å². The average molecular weight is 739 g/mol. The molecule has 1 N–H and O–H groups in total. The van der Waals surface area contributed by atoms with Gasteiger partial charge in [0.2, 0.25) is 18.2 Å². The third-order valence-electron chi connectivity index (χ3n) is 10.8. The minimum Gasteiger partial charge on any atom is -0.445 e. The highest BCUT2D eigenvalue weighted by Gasteiger charge is 2.40. The molecule has 10 heteroatoms. The Morgan fingerprint density at radius 3 is 2.00 bits per heavy atom. The predicted molar refractivity (Wildman–Crippen MR) is 208 cm³/mol. The van der Waals surface area contributed by atoms with Crippen LogP contribution in [0.3, 0.4) is 0 Å². The molecule has 290 valence electrons. The molecule has 3 aromatic rings. The molecule has 10 nitrogen and oxygen atoms in total. The van der Waals surface area contributed by atoms with Crippen molar-refractivity contribution in [2.24, 2.45) is 17.3 Å². The smallest absolute Gasteiger partial charge is 0.410 e. The van der Waals surface area contributed by atoms with Gasteiger partial charge in [0.1, 0.15) is 19.3 Å². The summed E-state index contributed by atoms with van der Waals surface area (Å²) >= 11 is 0. The largest absolute Gasteiger partial charge is 0.445 e. The van der Waals surface area contributed by atoms with Crippen LogP contribution in [-0.2, 0) is 43.7 Å². The molecule has 1 saturated heterocycles. The van der Waals surface area contributed by atoms with Gasteiger partial charge in [0.25, 0.3) is 0 Å². The number of carbonyl (C=O) groups is 4. The van der Waals surface area contributed by atoms with Gasteiger partial charge in [-0.05, 0) is 54.2 Å². The van der Waals surface area contributed by atoms with Crippen LogP contribution in [0.1, 0.15) is 88.0 Å². The Labute approximate surface area is 321 Å². The van der Waals surface area contributed by atoms with Gasteiger partial charge in [-0.25, -0.2) is 9.86 Å². The Hall–Kier alpha value is -4.70. The van der Waals surface area contributed by atoms with E-state index < -0.39 is 17.4 Å². The third kappa shape index (κ3) is 11.9. The maximum absolute atomic E-state index is 14.3. The van der Waals surface area contributed by atoms with E-state index in [0.717, 1.165) is 47.9 Å². The number of hydrogen-bond acceptors (Lipinski definition) is 6. The van der Waals surface area contributed by atoms with Crippen LogP contribution in [-0.4, -0.2) is 70.9 Å². The van der Waals surface area contributed by atoms with Crippen molar-refractivity contribution in [3.63, 3.8) is 0 Å². The first-order valence-electron chi connectivity index (χ1n) is 19.5. The highest BCUT2D eigenvalue weighted by Crippen LogP contribution is 2.32. The molecular formula is C44H58N4O6. The lowest BCUT2D eigenvalue weighted by atomic mass is 9.84. The van der Waals surface area contributed by atoms with E-state index in [1.165, 1.54) is 5.06 Å². The van der Waals surface area contributed by atoms with Crippen molar-refractivity contribution in [2.75, 3.05) is 19.6 Å². The average Bonchev–Trinajstić information content (AvgIpc) is 3.70. The van der Waals surface area contributed by atoms with E-state index in [1.807, 2.05) is 118 Å². The zero-order valence-electron chi connectivity index (χ0n) is 32.5. The van der Waals surface area contributed by atoms with E-state index in [9.17, 15) is 19.2 Å². The van der Waals surface area contributed by atoms with Crippen molar-refractivity contribution >= 4 is 24.3 Å². The topological polar surface area (TPSA) is 108 Å². The minimum absolute atomic E-state index is 0.103. The number of amides is 4. The fraction of sp³-hybridized carbons (Fsp3) is 0.500. The summed E-state index contributed by atoms with van der Waals surface area (Å²) in [6.07, 6.45) is 6.40. The first-order valence-corrected chi connectivity index (χ1v) is 19.5. The molecule has 0 bridgehead atoms. The molecule has 2 unspecified atom stereocenters. The van der Waals surface area contributed by atoms with Crippen LogP contribution in [0.4, 0.5) is 4.79 Å². The second kappa shape index (κ2) is 19.6. The van der Waals surface area contributed by atoms with Crippen LogP contribution in [0.15, 0.2) is 84.9 Å². The number of nitrogens with zero attached hydrogens (tertiary/aromatic N) is 3. The lowest BCUT2D eigenvalue weighted by Crippen LogP contribution is -2.58. The van der Waals surface area contributed by atoms with Crippen LogP contribution >= 0.6 is 0 Å². The van der Waals surface area contributed by atoms with Gasteiger partial charge in [0.15, 0.2) is 0 Å². The fourth-order valence-corrected chi connectivity index (χ4v) is 7.51. The number of hydroxylamine groups is 2. The fourth-order valence-electron chi connectivity index (χ4n) is 7.51. The van der Waals surface area contributed by atoms with Crippen molar-refractivity contribution in [3.8, 4) is 0 Å². The summed E-state index contributed by atoms with van der Waals surface area (Å²) in [5, 5.41) is 4.36. The van der Waals surface area contributed by atoms with E-state index in [2.05, 4.69) is 5.32 Å². The molecule has 54 heavy (non-hydrogen) atoms. The van der Waals surface area contributed by atoms with Gasteiger partial charge >= 0.3 is 6.09 Å². The maximum Gasteiger partial charge on any atom is 0.410 e. The van der Waals surface area contributed by atoms with Gasteiger partial charge in [0, 0.05) is 25.7 Å². The van der Waals surface area contributed by atoms with E-state index in [1.54, 1.807) is 4.90 Å². The molecular weight excluding hydrogens is 681 g/mol. The summed E-state index contributed by atoms with van der Waals surface area (Å²) in [5.41, 5.74) is 3.42. The first-order chi connectivity index (χ1) is 26.0. The molecule has 2 atom stereocenters. The van der Waals surface area contributed by atoms with Crippen LogP contribution in [0.2, 0.25) is 0 Å². The summed E-state index contributed by atoms with van der Waals surface area (Å²) in [6.45, 7) is 9.70. The molecule has 4 amide bonds. The number of aryl methyl sites for hydroxylation is 1. The van der Waals surface area contributed by atoms with E-state index in [-0.39, 0.29) is 43.7 Å². The highest BCUT2D eigenvalue weighted by atomic mass is 16.7. The summed E-state index contributed by atoms with van der Waals surface area (Å²) < 4.78 is 5.81. The molecule has 0 aromatic heterocycles. The number of benzene rings is 3. The van der Waals surface area contributed by atoms with Gasteiger partial charge in [0.05, 0.1) is 12.5 Å². The summed E-state index contributed by atoms with van der Waals surface area (Å²) in [4.78, 5) is 63.6. The molecule has 0 spiro atoms. The SMILES string of the molecule is Cc1ccc(CN(C(=O)OCc2ccccc2)C2CCN(C(=O)C(NC(=O)C(CC3CCCC3)CN(C=O)OCc3ccccc3)C(C)(C)C)CC2)cc1. The lowest BCUT2D eigenvalue weighted by molar-refractivity contribution is -0.182. The van der Waals surface area contributed by atoms with Crippen molar-refractivity contribution < 1.29 is 28.8 Å². The number of piperidine rings is 1. The van der Waals surface area contributed by atoms with Gasteiger partial charge in [-0.15, -0.1) is 0 Å². The predicted octanol–water partition coefficient (Wildman–Crippen LogP) is 7.44. The maximum atomic E-state index is 14.3. The van der Waals surface area contributed by atoms with Crippen molar-refractivity contribution in [1.82, 2.24) is 20.2 Å². The van der Waals surface area contributed by atoms with Gasteiger partial charge < -0.3 is 19.9 Å². The van der Waals surface area contributed by atoms with Crippen LogP contribution in [0.5, 0.6) is 0 Å². The number of hydrogen-bond donors (Lipinski definition) is 1. The molecule has 5 rings (SSSR count). The normalized spacial score (nSPS) is 16.3. The quantitative estimate of drug-likeness (QED) is 0.121. The summed E-state index contributed by atoms with van der Waals surface area (Å²) in [6, 6.07) is 26.5. The van der Waals surface area contributed by atoms with Gasteiger partial charge in [-0.2, -0.15) is 0 Å². The molecule has 1 heterocycles. The van der Waals surface area contributed by atoms with E-state index in [0.29, 0.717) is 51.2 Å². The Morgan fingerprint density at radius 2 is 1.43 bits per heavy atom. The third-order valence-corrected chi connectivity index (χ3v) is 10.8. The Morgan fingerprint density at radius 1 is 0.833 bits per heavy atom. The van der Waals surface area contributed by atoms with Crippen molar-refractivity contribution in [1.29, 1.82) is 0 Å². The van der Waals surface area contributed by atoms with E-state index in [4.69, 9.17) is 9.57 Å². The number of likely N-dealkylation sites (tertiary alicyclic amines) is 1. The Balaban J connectivity index is 1.24. The number of nitrogens with one attached hydrogen (secondary N) is 1. The molecule has 1 aliphatic heterocycles. The number of ether oxygens (including phenoxy) is 1. The minimum atomic E-state index is -0.776. The zero-order chi connectivity index (χ0) is 38.5. The molecule has 1 saturated carbocycles. The molecule has 2 aliphatic rings. The molecule has 3 aromatic carbocycles. The zero-order valence-corrected chi connectivity index (χ0v) is 32.5. The number of carbonyl (C=O) groups excluding carboxylic acids is 4. The first kappa shape index (κ1) is 40.5. The highest BCUT2D eigenvalue weighted by molar-refractivity contribution is 5.89. The van der Waals surface area contributed by atoms with Gasteiger partial charge in [-0.3, -0.25) is 19.2 Å². The summed E-state index contributed by atoms with van der Waals surface area (Å²) in [7, 11) is 0. The Kier molecular flexibility index (Phi) is 14.7. The molecule has 2 fully saturated rings. The summed E-state index contributed by atoms with van der Waals surface area (Å²) in [5.74, 6) is -0.535. The van der Waals surface area contributed by atoms with E-state index >= 15 is 0 Å². The molecule has 0 radical (unpaired) electrons. The van der Waals surface area contributed by atoms with Crippen LogP contribution in [0.25, 0.3) is 0 Å². The monoisotopic (exact) mass is 738 g/mol. The standard InChI is InChI=1S/C44H58N4O6/c1-33-19-21-35(22-20-33)28-48(43(52)53-30-36-15-7-5-8-16-36)39-23-25-46(26-24-39)42(51)40(44(2,3)4)45-41(50)38(27-34-13-11-12-14-34)29-47(32-49)54-31-37-17-9-6-10-18-37/h5-10,15-22,32,34,38-40H,11-14,23-31H2,1-4H3,(H,45,50). The number of rotatable bonds is 16. The van der Waals surface area contributed by atoms with Crippen LogP contribution in [0, 0.1) is 24.2 Å².